The number of nitrogen functional groups attached to an aromatic ring is 1. The molecule has 0 saturated heterocycles. The maximum atomic E-state index is 5.65. The molecule has 0 saturated carbocycles. The van der Waals surface area contributed by atoms with E-state index in [-0.39, 0.29) is 5.95 Å². The van der Waals surface area contributed by atoms with Gasteiger partial charge in [0.15, 0.2) is 0 Å². The summed E-state index contributed by atoms with van der Waals surface area (Å²) in [6, 6.07) is 1.75. The molecule has 19 heavy (non-hydrogen) atoms. The van der Waals surface area contributed by atoms with E-state index in [0.717, 1.165) is 0 Å². The third-order valence-electron chi connectivity index (χ3n) is 1.99. The Hall–Kier alpha value is -2.62. The van der Waals surface area contributed by atoms with Gasteiger partial charge >= 0.3 is 0 Å². The average molecular weight is 273 g/mol. The summed E-state index contributed by atoms with van der Waals surface area (Å²) in [5.74, 6) is 0.415. The quantitative estimate of drug-likeness (QED) is 0.655. The van der Waals surface area contributed by atoms with Gasteiger partial charge in [-0.15, -0.1) is 0 Å². The Labute approximate surface area is 111 Å². The second kappa shape index (κ2) is 4.94. The van der Waals surface area contributed by atoms with Gasteiger partial charge in [0.05, 0.1) is 0 Å². The van der Waals surface area contributed by atoms with Gasteiger partial charge in [-0.1, -0.05) is 0 Å². The van der Waals surface area contributed by atoms with E-state index in [4.69, 9.17) is 5.73 Å². The van der Waals surface area contributed by atoms with E-state index >= 15 is 0 Å². The molecule has 94 valence electrons. The van der Waals surface area contributed by atoms with Crippen LogP contribution in [0.2, 0.25) is 0 Å². The summed E-state index contributed by atoms with van der Waals surface area (Å²) in [4.78, 5) is 24.0. The maximum Gasteiger partial charge on any atom is 0.257 e. The molecule has 3 heterocycles. The molecule has 10 heteroatoms. The molecule has 0 radical (unpaired) electrons. The maximum absolute atomic E-state index is 5.65. The molecule has 0 aliphatic carbocycles. The number of nitrogens with two attached hydrogens (primary N) is 1. The standard InChI is InChI=1S/C9H7N9S/c10-7-15-8(18-5-12-4-14-18)17-9(16-7)19-6-1-2-11-3-13-6/h1-5H,(H2,10,15,16,17). The monoisotopic (exact) mass is 273 g/mol. The van der Waals surface area contributed by atoms with Crippen LogP contribution in [0.1, 0.15) is 0 Å². The van der Waals surface area contributed by atoms with E-state index < -0.39 is 0 Å². The Balaban J connectivity index is 1.94. The van der Waals surface area contributed by atoms with E-state index in [1.807, 2.05) is 0 Å². The van der Waals surface area contributed by atoms with Crippen LogP contribution in [0.25, 0.3) is 5.95 Å². The molecule has 3 aromatic heterocycles. The molecule has 0 fully saturated rings. The van der Waals surface area contributed by atoms with Crippen molar-refractivity contribution in [2.75, 3.05) is 5.73 Å². The van der Waals surface area contributed by atoms with Crippen LogP contribution < -0.4 is 5.73 Å². The van der Waals surface area contributed by atoms with E-state index in [9.17, 15) is 0 Å². The van der Waals surface area contributed by atoms with Gasteiger partial charge in [0, 0.05) is 6.20 Å². The minimum atomic E-state index is 0.108. The van der Waals surface area contributed by atoms with Crippen molar-refractivity contribution in [1.82, 2.24) is 39.7 Å². The molecule has 0 spiro atoms. The molecule has 3 rings (SSSR count). The Bertz CT molecular complexity index is 669. The third-order valence-corrected chi connectivity index (χ3v) is 2.81. The summed E-state index contributed by atoms with van der Waals surface area (Å²) < 4.78 is 1.40. The Kier molecular flexibility index (Phi) is 2.98. The van der Waals surface area contributed by atoms with Crippen molar-refractivity contribution in [2.45, 2.75) is 10.2 Å². The SMILES string of the molecule is Nc1nc(Sc2ccncn2)nc(-n2cncn2)n1. The molecule has 0 aliphatic heterocycles. The first kappa shape index (κ1) is 11.5. The van der Waals surface area contributed by atoms with E-state index in [2.05, 4.69) is 35.0 Å². The van der Waals surface area contributed by atoms with Crippen molar-refractivity contribution in [3.05, 3.63) is 31.2 Å². The number of rotatable bonds is 3. The molecule has 0 unspecified atom stereocenters. The normalized spacial score (nSPS) is 10.5. The second-order valence-corrected chi connectivity index (χ2v) is 4.25. The summed E-state index contributed by atoms with van der Waals surface area (Å²) in [6.07, 6.45) is 5.95. The molecule has 9 nitrogen and oxygen atoms in total. The Morgan fingerprint density at radius 2 is 2.05 bits per heavy atom. The largest absolute Gasteiger partial charge is 0.368 e. The van der Waals surface area contributed by atoms with Crippen LogP contribution in [0.3, 0.4) is 0 Å². The van der Waals surface area contributed by atoms with Gasteiger partial charge in [0.25, 0.3) is 5.95 Å². The van der Waals surface area contributed by atoms with Crippen molar-refractivity contribution < 1.29 is 0 Å². The van der Waals surface area contributed by atoms with Gasteiger partial charge in [-0.25, -0.2) is 15.0 Å². The molecule has 0 atom stereocenters. The summed E-state index contributed by atoms with van der Waals surface area (Å²) in [5, 5.41) is 5.08. The van der Waals surface area contributed by atoms with Crippen LogP contribution >= 0.6 is 11.8 Å². The fraction of sp³-hybridized carbons (Fsp3) is 0. The highest BCUT2D eigenvalue weighted by molar-refractivity contribution is 7.99. The summed E-state index contributed by atoms with van der Waals surface area (Å²) in [5.41, 5.74) is 5.65. The number of hydrogen-bond acceptors (Lipinski definition) is 9. The minimum Gasteiger partial charge on any atom is -0.368 e. The second-order valence-electron chi connectivity index (χ2n) is 3.27. The lowest BCUT2D eigenvalue weighted by Gasteiger charge is -2.03. The summed E-state index contributed by atoms with van der Waals surface area (Å²) in [6.45, 7) is 0. The number of aromatic nitrogens is 8. The molecule has 0 aliphatic rings. The molecular formula is C9H7N9S. The fourth-order valence-electron chi connectivity index (χ4n) is 1.25. The topological polar surface area (TPSA) is 121 Å². The van der Waals surface area contributed by atoms with Gasteiger partial charge in [0.2, 0.25) is 11.1 Å². The number of nitrogens with zero attached hydrogens (tertiary/aromatic N) is 8. The van der Waals surface area contributed by atoms with Crippen LogP contribution in [-0.4, -0.2) is 39.7 Å². The van der Waals surface area contributed by atoms with Gasteiger partial charge in [-0.3, -0.25) is 0 Å². The first-order chi connectivity index (χ1) is 9.31. The van der Waals surface area contributed by atoms with Gasteiger partial charge in [0.1, 0.15) is 24.0 Å². The first-order valence-electron chi connectivity index (χ1n) is 5.12. The molecule has 0 aromatic carbocycles. The van der Waals surface area contributed by atoms with Crippen LogP contribution in [0.4, 0.5) is 5.95 Å². The lowest BCUT2D eigenvalue weighted by molar-refractivity contribution is 0.762. The van der Waals surface area contributed by atoms with Crippen molar-refractivity contribution in [2.24, 2.45) is 0 Å². The molecule has 0 bridgehead atoms. The Morgan fingerprint density at radius 1 is 1.11 bits per heavy atom. The van der Waals surface area contributed by atoms with Crippen molar-refractivity contribution >= 4 is 17.7 Å². The van der Waals surface area contributed by atoms with Crippen LogP contribution in [0.15, 0.2) is 41.4 Å². The van der Waals surface area contributed by atoms with Gasteiger partial charge in [-0.2, -0.15) is 24.7 Å². The Morgan fingerprint density at radius 3 is 2.79 bits per heavy atom. The van der Waals surface area contributed by atoms with Crippen molar-refractivity contribution in [3.8, 4) is 5.95 Å². The molecule has 0 amide bonds. The molecule has 2 N–H and O–H groups in total. The lowest BCUT2D eigenvalue weighted by atomic mass is 10.7. The third kappa shape index (κ3) is 2.63. The van der Waals surface area contributed by atoms with Crippen LogP contribution in [0.5, 0.6) is 0 Å². The summed E-state index contributed by atoms with van der Waals surface area (Å²) in [7, 11) is 0. The lowest BCUT2D eigenvalue weighted by Crippen LogP contribution is -2.07. The van der Waals surface area contributed by atoms with Gasteiger partial charge in [-0.05, 0) is 17.8 Å². The zero-order chi connectivity index (χ0) is 13.1. The van der Waals surface area contributed by atoms with E-state index in [1.165, 1.54) is 35.4 Å². The number of hydrogen-bond donors (Lipinski definition) is 1. The van der Waals surface area contributed by atoms with Crippen molar-refractivity contribution in [3.63, 3.8) is 0 Å². The molecular weight excluding hydrogens is 266 g/mol. The highest BCUT2D eigenvalue weighted by Gasteiger charge is 2.08. The molecule has 3 aromatic rings. The van der Waals surface area contributed by atoms with Crippen LogP contribution in [-0.2, 0) is 0 Å². The fourth-order valence-corrected chi connectivity index (χ4v) is 1.94. The van der Waals surface area contributed by atoms with E-state index in [0.29, 0.717) is 16.1 Å². The van der Waals surface area contributed by atoms with Crippen LogP contribution in [0, 0.1) is 0 Å². The highest BCUT2D eigenvalue weighted by atomic mass is 32.2. The number of anilines is 1. The predicted octanol–water partition coefficient (Wildman–Crippen LogP) is -0.0243. The summed E-state index contributed by atoms with van der Waals surface area (Å²) >= 11 is 1.26. The first-order valence-corrected chi connectivity index (χ1v) is 5.93. The van der Waals surface area contributed by atoms with Crippen molar-refractivity contribution in [1.29, 1.82) is 0 Å². The van der Waals surface area contributed by atoms with Gasteiger partial charge < -0.3 is 5.73 Å². The average Bonchev–Trinajstić information content (AvgIpc) is 2.93. The predicted molar refractivity (Wildman–Crippen MR) is 65.3 cm³/mol. The van der Waals surface area contributed by atoms with E-state index in [1.54, 1.807) is 12.3 Å². The zero-order valence-electron chi connectivity index (χ0n) is 9.45. The smallest absolute Gasteiger partial charge is 0.257 e. The highest BCUT2D eigenvalue weighted by Crippen LogP contribution is 2.22. The minimum absolute atomic E-state index is 0.108. The zero-order valence-corrected chi connectivity index (χ0v) is 10.3.